The predicted molar refractivity (Wildman–Crippen MR) is 145 cm³/mol. The minimum Gasteiger partial charge on any atom is -0.366 e. The highest BCUT2D eigenvalue weighted by Crippen LogP contribution is 2.24. The average molecular weight is 464 g/mol. The Balaban J connectivity index is 1.56. The number of aryl methyl sites for hydroxylation is 1. The minimum atomic E-state index is 0.871. The Kier molecular flexibility index (Phi) is 11.1. The van der Waals surface area contributed by atoms with Crippen LogP contribution in [0.4, 0.5) is 0 Å². The lowest BCUT2D eigenvalue weighted by atomic mass is 9.90. The van der Waals surface area contributed by atoms with E-state index in [1.165, 1.54) is 61.2 Å². The van der Waals surface area contributed by atoms with Crippen LogP contribution in [0.5, 0.6) is 0 Å². The molecule has 3 nitrogen and oxygen atoms in total. The van der Waals surface area contributed by atoms with Crippen LogP contribution in [0.2, 0.25) is 0 Å². The van der Waals surface area contributed by atoms with Crippen LogP contribution >= 0.6 is 11.8 Å². The van der Waals surface area contributed by atoms with Crippen LogP contribution in [-0.2, 0) is 6.42 Å². The number of piperidine rings is 1. The first-order valence-electron chi connectivity index (χ1n) is 12.5. The summed E-state index contributed by atoms with van der Waals surface area (Å²) in [7, 11) is 0. The molecule has 0 N–H and O–H groups in total. The molecule has 0 unspecified atom stereocenters. The Labute approximate surface area is 206 Å². The smallest absolute Gasteiger partial charge is 0.0418 e. The molecule has 0 saturated carbocycles. The predicted octanol–water partition coefficient (Wildman–Crippen LogP) is 6.75. The van der Waals surface area contributed by atoms with Gasteiger partial charge in [-0.1, -0.05) is 43.3 Å². The number of thioether (sulfide) groups is 1. The van der Waals surface area contributed by atoms with Crippen LogP contribution in [-0.4, -0.2) is 53.8 Å². The molecule has 1 aromatic carbocycles. The summed E-state index contributed by atoms with van der Waals surface area (Å²) in [6.45, 7) is 10.1. The van der Waals surface area contributed by atoms with Crippen LogP contribution in [0, 0.1) is 5.92 Å². The molecule has 1 fully saturated rings. The van der Waals surface area contributed by atoms with Gasteiger partial charge in [-0.05, 0) is 93.0 Å². The maximum Gasteiger partial charge on any atom is 0.0418 e. The number of hydrogen-bond donors (Lipinski definition) is 0. The lowest BCUT2D eigenvalue weighted by Gasteiger charge is -2.35. The normalized spacial score (nSPS) is 16.2. The van der Waals surface area contributed by atoms with Crippen LogP contribution in [0.15, 0.2) is 71.9 Å². The molecule has 1 aliphatic rings. The second kappa shape index (κ2) is 14.3. The fourth-order valence-corrected chi connectivity index (χ4v) is 5.21. The van der Waals surface area contributed by atoms with E-state index in [1.54, 1.807) is 11.8 Å². The highest BCUT2D eigenvalue weighted by Gasteiger charge is 2.20. The molecular weight excluding hydrogens is 422 g/mol. The molecule has 2 heterocycles. The van der Waals surface area contributed by atoms with Gasteiger partial charge in [-0.15, -0.1) is 11.8 Å². The summed E-state index contributed by atoms with van der Waals surface area (Å²) in [5, 5.41) is 2.28. The molecule has 1 aliphatic heterocycles. The third-order valence-corrected chi connectivity index (χ3v) is 7.17. The van der Waals surface area contributed by atoms with Crippen molar-refractivity contribution in [3.05, 3.63) is 83.0 Å². The van der Waals surface area contributed by atoms with Crippen molar-refractivity contribution in [1.29, 1.82) is 0 Å². The molecule has 4 heteroatoms. The molecule has 0 aliphatic carbocycles. The topological polar surface area (TPSA) is 19.4 Å². The first-order chi connectivity index (χ1) is 16.2. The van der Waals surface area contributed by atoms with Gasteiger partial charge in [0.05, 0.1) is 0 Å². The Morgan fingerprint density at radius 1 is 1.15 bits per heavy atom. The van der Waals surface area contributed by atoms with Gasteiger partial charge in [0.15, 0.2) is 0 Å². The molecule has 1 aromatic heterocycles. The first-order valence-corrected chi connectivity index (χ1v) is 13.8. The van der Waals surface area contributed by atoms with E-state index < -0.39 is 0 Å². The number of nitrogens with zero attached hydrogens (tertiary/aromatic N) is 3. The molecule has 33 heavy (non-hydrogen) atoms. The van der Waals surface area contributed by atoms with Crippen molar-refractivity contribution in [2.75, 3.05) is 39.0 Å². The molecule has 0 spiro atoms. The Hall–Kier alpha value is -2.04. The van der Waals surface area contributed by atoms with E-state index >= 15 is 0 Å². The minimum absolute atomic E-state index is 0.871. The van der Waals surface area contributed by atoms with E-state index in [4.69, 9.17) is 0 Å². The zero-order valence-corrected chi connectivity index (χ0v) is 21.6. The maximum atomic E-state index is 4.39. The number of hydrogen-bond acceptors (Lipinski definition) is 4. The van der Waals surface area contributed by atoms with E-state index in [1.807, 2.05) is 18.5 Å². The van der Waals surface area contributed by atoms with Gasteiger partial charge >= 0.3 is 0 Å². The molecular formula is C29H41N3S. The fraction of sp³-hybridized carbons (Fsp3) is 0.483. The van der Waals surface area contributed by atoms with Gasteiger partial charge in [-0.25, -0.2) is 0 Å². The van der Waals surface area contributed by atoms with Gasteiger partial charge < -0.3 is 9.80 Å². The molecule has 0 radical (unpaired) electrons. The van der Waals surface area contributed by atoms with Gasteiger partial charge in [-0.2, -0.15) is 0 Å². The summed E-state index contributed by atoms with van der Waals surface area (Å²) >= 11 is 1.79. The van der Waals surface area contributed by atoms with E-state index in [2.05, 4.69) is 82.8 Å². The standard InChI is InChI=1S/C29H41N3S/c1-4-9-29(28-12-8-17-30-22-28)32(23-25(2)24-33-3)21-20-31-18-15-27(16-19-31)14-13-26-10-6-5-7-11-26/h5-12,17,22,24,27H,4,13-16,18-21,23H2,1-3H3/b25-24+,29-9-. The summed E-state index contributed by atoms with van der Waals surface area (Å²) in [5.74, 6) is 0.871. The van der Waals surface area contributed by atoms with Crippen LogP contribution in [0.1, 0.15) is 50.7 Å². The van der Waals surface area contributed by atoms with Gasteiger partial charge in [0.1, 0.15) is 0 Å². The number of aromatic nitrogens is 1. The summed E-state index contributed by atoms with van der Waals surface area (Å²) < 4.78 is 0. The zero-order chi connectivity index (χ0) is 23.3. The van der Waals surface area contributed by atoms with E-state index in [0.717, 1.165) is 32.0 Å². The third-order valence-electron chi connectivity index (χ3n) is 6.53. The summed E-state index contributed by atoms with van der Waals surface area (Å²) in [4.78, 5) is 9.62. The molecule has 178 valence electrons. The van der Waals surface area contributed by atoms with Crippen molar-refractivity contribution < 1.29 is 0 Å². The Morgan fingerprint density at radius 2 is 1.94 bits per heavy atom. The van der Waals surface area contributed by atoms with Gasteiger partial charge in [-0.3, -0.25) is 4.98 Å². The molecule has 2 aromatic rings. The van der Waals surface area contributed by atoms with Gasteiger partial charge in [0.25, 0.3) is 0 Å². The molecule has 0 bridgehead atoms. The molecule has 1 saturated heterocycles. The number of likely N-dealkylation sites (tertiary alicyclic amines) is 1. The summed E-state index contributed by atoms with van der Waals surface area (Å²) in [6.07, 6.45) is 14.6. The number of pyridine rings is 1. The highest BCUT2D eigenvalue weighted by atomic mass is 32.2. The fourth-order valence-electron chi connectivity index (χ4n) is 4.74. The van der Waals surface area contributed by atoms with E-state index in [-0.39, 0.29) is 0 Å². The van der Waals surface area contributed by atoms with Crippen molar-refractivity contribution in [3.63, 3.8) is 0 Å². The number of benzene rings is 1. The van der Waals surface area contributed by atoms with Gasteiger partial charge in [0.2, 0.25) is 0 Å². The SMILES string of the molecule is CC/C=C(/c1cccnc1)N(CCN1CCC(CCc2ccccc2)CC1)C/C(C)=C/SC. The lowest BCUT2D eigenvalue weighted by molar-refractivity contribution is 0.168. The lowest BCUT2D eigenvalue weighted by Crippen LogP contribution is -2.39. The van der Waals surface area contributed by atoms with E-state index in [9.17, 15) is 0 Å². The van der Waals surface area contributed by atoms with Crippen molar-refractivity contribution in [2.24, 2.45) is 5.92 Å². The van der Waals surface area contributed by atoms with Crippen LogP contribution < -0.4 is 0 Å². The maximum absolute atomic E-state index is 4.39. The van der Waals surface area contributed by atoms with Crippen molar-refractivity contribution >= 4 is 17.5 Å². The van der Waals surface area contributed by atoms with Crippen molar-refractivity contribution in [3.8, 4) is 0 Å². The largest absolute Gasteiger partial charge is 0.366 e. The second-order valence-corrected chi connectivity index (χ2v) is 9.88. The molecule has 3 rings (SSSR count). The van der Waals surface area contributed by atoms with E-state index in [0.29, 0.717) is 0 Å². The van der Waals surface area contributed by atoms with Crippen molar-refractivity contribution in [1.82, 2.24) is 14.8 Å². The van der Waals surface area contributed by atoms with Gasteiger partial charge in [0, 0.05) is 43.3 Å². The molecule has 0 atom stereocenters. The molecule has 0 amide bonds. The highest BCUT2D eigenvalue weighted by molar-refractivity contribution is 8.01. The first kappa shape index (κ1) is 25.6. The number of rotatable bonds is 12. The summed E-state index contributed by atoms with van der Waals surface area (Å²) in [6, 6.07) is 15.2. The summed E-state index contributed by atoms with van der Waals surface area (Å²) in [5.41, 5.74) is 5.43. The van der Waals surface area contributed by atoms with Crippen molar-refractivity contribution in [2.45, 2.75) is 46.0 Å². The van der Waals surface area contributed by atoms with Crippen LogP contribution in [0.25, 0.3) is 5.70 Å². The quantitative estimate of drug-likeness (QED) is 0.347. The van der Waals surface area contributed by atoms with Crippen LogP contribution in [0.3, 0.4) is 0 Å². The zero-order valence-electron chi connectivity index (χ0n) is 20.7. The second-order valence-electron chi connectivity index (χ2n) is 9.17. The Morgan fingerprint density at radius 3 is 2.61 bits per heavy atom. The number of allylic oxidation sites excluding steroid dienone is 1. The monoisotopic (exact) mass is 463 g/mol. The Bertz CT molecular complexity index is 855. The third kappa shape index (κ3) is 8.68. The average Bonchev–Trinajstić information content (AvgIpc) is 2.86.